The van der Waals surface area contributed by atoms with Crippen LogP contribution in [0.15, 0.2) is 82.7 Å². The van der Waals surface area contributed by atoms with Gasteiger partial charge in [0.05, 0.1) is 22.9 Å². The Morgan fingerprint density at radius 2 is 1.59 bits per heavy atom. The van der Waals surface area contributed by atoms with Crippen molar-refractivity contribution in [3.05, 3.63) is 94.4 Å². The molecule has 32 heavy (non-hydrogen) atoms. The highest BCUT2D eigenvalue weighted by atomic mass is 32.2. The fourth-order valence-electron chi connectivity index (χ4n) is 3.28. The van der Waals surface area contributed by atoms with Gasteiger partial charge in [-0.1, -0.05) is 60.5 Å². The van der Waals surface area contributed by atoms with Gasteiger partial charge in [0.1, 0.15) is 5.75 Å². The summed E-state index contributed by atoms with van der Waals surface area (Å²) >= 11 is 1.38. The predicted molar refractivity (Wildman–Crippen MR) is 135 cm³/mol. The standard InChI is InChI=1S/C27H26N2O2S/c1-4-17-31-24-8-6-5-7-21(24)18-25-26(30)29(23-15-11-20(3)12-16-23)27(32-25)28-22-13-9-19(2)10-14-22/h5-16,18H,4,17H2,1-3H3/b25-18+,28-27?. The zero-order valence-electron chi connectivity index (χ0n) is 18.5. The third-order valence-electron chi connectivity index (χ3n) is 5.02. The molecule has 1 heterocycles. The van der Waals surface area contributed by atoms with Crippen molar-refractivity contribution < 1.29 is 9.53 Å². The summed E-state index contributed by atoms with van der Waals surface area (Å²) in [6, 6.07) is 23.7. The van der Waals surface area contributed by atoms with E-state index in [2.05, 4.69) is 6.92 Å². The van der Waals surface area contributed by atoms with Crippen LogP contribution < -0.4 is 9.64 Å². The van der Waals surface area contributed by atoms with Crippen LogP contribution in [0.3, 0.4) is 0 Å². The Labute approximate surface area is 193 Å². The third kappa shape index (κ3) is 4.94. The third-order valence-corrected chi connectivity index (χ3v) is 5.99. The summed E-state index contributed by atoms with van der Waals surface area (Å²) < 4.78 is 5.88. The highest BCUT2D eigenvalue weighted by Gasteiger charge is 2.35. The van der Waals surface area contributed by atoms with E-state index in [0.29, 0.717) is 16.7 Å². The van der Waals surface area contributed by atoms with E-state index in [-0.39, 0.29) is 5.91 Å². The molecule has 0 saturated carbocycles. The topological polar surface area (TPSA) is 41.9 Å². The van der Waals surface area contributed by atoms with E-state index in [1.807, 2.05) is 92.7 Å². The number of amides is 1. The van der Waals surface area contributed by atoms with Crippen molar-refractivity contribution in [1.82, 2.24) is 0 Å². The molecule has 3 aromatic carbocycles. The van der Waals surface area contributed by atoms with Crippen LogP contribution in [0.1, 0.15) is 30.0 Å². The molecule has 0 radical (unpaired) electrons. The minimum absolute atomic E-state index is 0.0880. The molecule has 0 unspecified atom stereocenters. The van der Waals surface area contributed by atoms with Crippen molar-refractivity contribution in [1.29, 1.82) is 0 Å². The number of benzene rings is 3. The number of thioether (sulfide) groups is 1. The first-order valence-corrected chi connectivity index (χ1v) is 11.5. The molecule has 1 aliphatic heterocycles. The van der Waals surface area contributed by atoms with Gasteiger partial charge in [-0.3, -0.25) is 9.69 Å². The molecule has 0 N–H and O–H groups in total. The number of hydrogen-bond donors (Lipinski definition) is 0. The highest BCUT2D eigenvalue weighted by molar-refractivity contribution is 8.19. The first kappa shape index (κ1) is 21.9. The lowest BCUT2D eigenvalue weighted by atomic mass is 10.1. The number of hydrogen-bond acceptors (Lipinski definition) is 4. The Hall–Kier alpha value is -3.31. The van der Waals surface area contributed by atoms with Crippen molar-refractivity contribution in [2.45, 2.75) is 27.2 Å². The molecule has 1 aliphatic rings. The summed E-state index contributed by atoms with van der Waals surface area (Å²) in [5, 5.41) is 0.640. The van der Waals surface area contributed by atoms with Gasteiger partial charge < -0.3 is 4.74 Å². The van der Waals surface area contributed by atoms with E-state index in [9.17, 15) is 4.79 Å². The van der Waals surface area contributed by atoms with Gasteiger partial charge in [-0.05, 0) is 68.4 Å². The summed E-state index contributed by atoms with van der Waals surface area (Å²) in [5.74, 6) is 0.691. The smallest absolute Gasteiger partial charge is 0.271 e. The van der Waals surface area contributed by atoms with Crippen LogP contribution >= 0.6 is 11.8 Å². The van der Waals surface area contributed by atoms with Gasteiger partial charge in [0.15, 0.2) is 5.17 Å². The zero-order valence-corrected chi connectivity index (χ0v) is 19.4. The van der Waals surface area contributed by atoms with Crippen LogP contribution in [0.4, 0.5) is 11.4 Å². The predicted octanol–water partition coefficient (Wildman–Crippen LogP) is 6.90. The van der Waals surface area contributed by atoms with Crippen LogP contribution in [0, 0.1) is 13.8 Å². The molecular formula is C27H26N2O2S. The van der Waals surface area contributed by atoms with Crippen molar-refractivity contribution in [2.75, 3.05) is 11.5 Å². The number of aryl methyl sites for hydroxylation is 2. The minimum atomic E-state index is -0.0880. The lowest BCUT2D eigenvalue weighted by molar-refractivity contribution is -0.113. The quantitative estimate of drug-likeness (QED) is 0.390. The Morgan fingerprint density at radius 3 is 2.28 bits per heavy atom. The second-order valence-electron chi connectivity index (χ2n) is 7.70. The fourth-order valence-corrected chi connectivity index (χ4v) is 4.28. The Morgan fingerprint density at radius 1 is 0.938 bits per heavy atom. The van der Waals surface area contributed by atoms with Crippen molar-refractivity contribution in [3.63, 3.8) is 0 Å². The first-order chi connectivity index (χ1) is 15.5. The molecule has 162 valence electrons. The number of para-hydroxylation sites is 1. The average molecular weight is 443 g/mol. The molecule has 1 fully saturated rings. The molecule has 0 spiro atoms. The number of ether oxygens (including phenoxy) is 1. The second-order valence-corrected chi connectivity index (χ2v) is 8.71. The molecule has 5 heteroatoms. The number of carbonyl (C=O) groups is 1. The molecule has 1 amide bonds. The van der Waals surface area contributed by atoms with E-state index in [0.717, 1.165) is 34.7 Å². The number of nitrogens with zero attached hydrogens (tertiary/aromatic N) is 2. The molecule has 0 atom stereocenters. The molecular weight excluding hydrogens is 416 g/mol. The monoisotopic (exact) mass is 442 g/mol. The molecule has 1 saturated heterocycles. The van der Waals surface area contributed by atoms with Crippen LogP contribution in [0.25, 0.3) is 6.08 Å². The largest absolute Gasteiger partial charge is 0.493 e. The minimum Gasteiger partial charge on any atom is -0.493 e. The Kier molecular flexibility index (Phi) is 6.76. The van der Waals surface area contributed by atoms with Gasteiger partial charge >= 0.3 is 0 Å². The number of amidine groups is 1. The number of anilines is 1. The molecule has 3 aromatic rings. The maximum Gasteiger partial charge on any atom is 0.271 e. The van der Waals surface area contributed by atoms with E-state index in [1.165, 1.54) is 17.3 Å². The Balaban J connectivity index is 1.75. The van der Waals surface area contributed by atoms with Gasteiger partial charge in [-0.25, -0.2) is 4.99 Å². The van der Waals surface area contributed by atoms with E-state index in [1.54, 1.807) is 4.90 Å². The summed E-state index contributed by atoms with van der Waals surface area (Å²) in [7, 11) is 0. The van der Waals surface area contributed by atoms with Crippen LogP contribution in [-0.2, 0) is 4.79 Å². The normalized spacial score (nSPS) is 16.2. The maximum absolute atomic E-state index is 13.5. The number of aliphatic imine (C=N–C) groups is 1. The number of rotatable bonds is 6. The lowest BCUT2D eigenvalue weighted by Crippen LogP contribution is -2.28. The maximum atomic E-state index is 13.5. The zero-order chi connectivity index (χ0) is 22.5. The summed E-state index contributed by atoms with van der Waals surface area (Å²) in [6.07, 6.45) is 2.82. The van der Waals surface area contributed by atoms with Crippen molar-refractivity contribution >= 4 is 40.3 Å². The summed E-state index contributed by atoms with van der Waals surface area (Å²) in [5.41, 5.74) is 4.82. The molecule has 0 aromatic heterocycles. The SMILES string of the molecule is CCCOc1ccccc1/C=C1/SC(=Nc2ccc(C)cc2)N(c2ccc(C)cc2)C1=O. The molecule has 0 aliphatic carbocycles. The fraction of sp³-hybridized carbons (Fsp3) is 0.185. The summed E-state index contributed by atoms with van der Waals surface area (Å²) in [6.45, 7) is 6.79. The first-order valence-electron chi connectivity index (χ1n) is 10.7. The van der Waals surface area contributed by atoms with E-state index in [4.69, 9.17) is 9.73 Å². The van der Waals surface area contributed by atoms with Crippen LogP contribution in [0.5, 0.6) is 5.75 Å². The molecule has 0 bridgehead atoms. The summed E-state index contributed by atoms with van der Waals surface area (Å²) in [4.78, 5) is 20.6. The van der Waals surface area contributed by atoms with Gasteiger partial charge in [-0.15, -0.1) is 0 Å². The van der Waals surface area contributed by atoms with Crippen molar-refractivity contribution in [3.8, 4) is 5.75 Å². The van der Waals surface area contributed by atoms with Gasteiger partial charge in [0.2, 0.25) is 0 Å². The molecule has 4 nitrogen and oxygen atoms in total. The van der Waals surface area contributed by atoms with Crippen LogP contribution in [-0.4, -0.2) is 17.7 Å². The van der Waals surface area contributed by atoms with Crippen LogP contribution in [0.2, 0.25) is 0 Å². The van der Waals surface area contributed by atoms with Gasteiger partial charge in [0.25, 0.3) is 5.91 Å². The Bertz CT molecular complexity index is 1170. The van der Waals surface area contributed by atoms with Gasteiger partial charge in [0, 0.05) is 5.56 Å². The van der Waals surface area contributed by atoms with E-state index >= 15 is 0 Å². The highest BCUT2D eigenvalue weighted by Crippen LogP contribution is 2.38. The average Bonchev–Trinajstić information content (AvgIpc) is 3.10. The second kappa shape index (κ2) is 9.88. The van der Waals surface area contributed by atoms with Gasteiger partial charge in [-0.2, -0.15) is 0 Å². The van der Waals surface area contributed by atoms with E-state index < -0.39 is 0 Å². The lowest BCUT2D eigenvalue weighted by Gasteiger charge is -2.16. The number of carbonyl (C=O) groups excluding carboxylic acids is 1. The molecule has 4 rings (SSSR count). The van der Waals surface area contributed by atoms with Crippen molar-refractivity contribution in [2.24, 2.45) is 4.99 Å².